The number of aliphatic hydroxyl groups is 3. The highest BCUT2D eigenvalue weighted by Crippen LogP contribution is 2.37. The summed E-state index contributed by atoms with van der Waals surface area (Å²) in [5.74, 6) is 0.539. The first-order valence-electron chi connectivity index (χ1n) is 8.34. The van der Waals surface area contributed by atoms with E-state index < -0.39 is 31.1 Å². The quantitative estimate of drug-likeness (QED) is 0.451. The zero-order valence-corrected chi connectivity index (χ0v) is 14.7. The number of fused-ring (bicyclic) bond motifs is 1. The molecule has 1 fully saturated rings. The van der Waals surface area contributed by atoms with Crippen molar-refractivity contribution >= 4 is 16.9 Å². The Labute approximate surface area is 153 Å². The molecule has 0 radical (unpaired) electrons. The third-order valence-corrected chi connectivity index (χ3v) is 4.76. The molecule has 1 saturated heterocycles. The monoisotopic (exact) mass is 373 g/mol. The fourth-order valence-corrected chi connectivity index (χ4v) is 3.15. The van der Waals surface area contributed by atoms with Crippen molar-refractivity contribution in [3.63, 3.8) is 0 Å². The lowest BCUT2D eigenvalue weighted by Gasteiger charge is -2.17. The number of ether oxygens (including phenoxy) is 1. The molecule has 0 amide bonds. The average molecular weight is 373 g/mol. The van der Waals surface area contributed by atoms with Crippen molar-refractivity contribution in [1.29, 1.82) is 0 Å². The van der Waals surface area contributed by atoms with Gasteiger partial charge < -0.3 is 30.4 Å². The molecule has 11 heteroatoms. The number of aryl methyl sites for hydroxylation is 2. The van der Waals surface area contributed by atoms with Crippen molar-refractivity contribution in [1.82, 2.24) is 29.7 Å². The molecule has 4 atom stereocenters. The van der Waals surface area contributed by atoms with E-state index in [0.29, 0.717) is 33.8 Å². The number of aliphatic hydroxyl groups excluding tert-OH is 3. The summed E-state index contributed by atoms with van der Waals surface area (Å²) in [5, 5.41) is 38.5. The maximum atomic E-state index is 10.4. The van der Waals surface area contributed by atoms with Gasteiger partial charge in [0.15, 0.2) is 12.1 Å². The molecule has 27 heavy (non-hydrogen) atoms. The van der Waals surface area contributed by atoms with Gasteiger partial charge >= 0.3 is 0 Å². The fourth-order valence-electron chi connectivity index (χ4n) is 3.15. The third-order valence-electron chi connectivity index (χ3n) is 4.76. The Hall–Kier alpha value is -2.73. The lowest BCUT2D eigenvalue weighted by Crippen LogP contribution is -2.33. The number of nitrogens with zero attached hydrogens (tertiary/aromatic N) is 6. The molecule has 0 saturated carbocycles. The number of anilines is 1. The van der Waals surface area contributed by atoms with E-state index in [0.717, 1.165) is 0 Å². The molecule has 5 N–H and O–H groups in total. The second kappa shape index (κ2) is 6.46. The normalized spacial score (nSPS) is 25.4. The van der Waals surface area contributed by atoms with Gasteiger partial charge in [0.05, 0.1) is 28.9 Å². The van der Waals surface area contributed by atoms with Crippen molar-refractivity contribution in [3.8, 4) is 11.4 Å². The number of nitrogen functional groups attached to an aromatic ring is 1. The van der Waals surface area contributed by atoms with E-state index >= 15 is 0 Å². The van der Waals surface area contributed by atoms with Crippen LogP contribution < -0.4 is 5.73 Å². The van der Waals surface area contributed by atoms with Crippen LogP contribution >= 0.6 is 0 Å². The molecule has 3 aromatic heterocycles. The fraction of sp³-hybridized carbons (Fsp3) is 0.438. The van der Waals surface area contributed by atoms with Crippen LogP contribution in [0, 0.1) is 13.8 Å². The Morgan fingerprint density at radius 2 is 1.93 bits per heavy atom. The smallest absolute Gasteiger partial charge is 0.184 e. The van der Waals surface area contributed by atoms with Gasteiger partial charge in [-0.1, -0.05) is 0 Å². The lowest BCUT2D eigenvalue weighted by molar-refractivity contribution is -0.0508. The SMILES string of the molecule is Cc1nnc(-c2cn([C@H]3O[C@@H](CO)[C@@H](O)[C@@H]3O)c3ncnc(N)c23)nc1C. The van der Waals surface area contributed by atoms with Gasteiger partial charge in [0.25, 0.3) is 0 Å². The van der Waals surface area contributed by atoms with Crippen LogP contribution in [0.5, 0.6) is 0 Å². The van der Waals surface area contributed by atoms with E-state index in [9.17, 15) is 15.3 Å². The maximum absolute atomic E-state index is 10.4. The molecule has 11 nitrogen and oxygen atoms in total. The van der Waals surface area contributed by atoms with Gasteiger partial charge in [-0.2, -0.15) is 5.10 Å². The van der Waals surface area contributed by atoms with Crippen molar-refractivity contribution < 1.29 is 20.1 Å². The Balaban J connectivity index is 1.91. The number of hydrogen-bond acceptors (Lipinski definition) is 10. The summed E-state index contributed by atoms with van der Waals surface area (Å²) < 4.78 is 7.15. The van der Waals surface area contributed by atoms with Crippen LogP contribution in [0.3, 0.4) is 0 Å². The van der Waals surface area contributed by atoms with E-state index in [1.165, 1.54) is 10.9 Å². The molecule has 1 aliphatic heterocycles. The Kier molecular flexibility index (Phi) is 4.23. The molecule has 0 bridgehead atoms. The molecule has 142 valence electrons. The molecule has 4 heterocycles. The summed E-state index contributed by atoms with van der Waals surface area (Å²) in [5.41, 5.74) is 8.38. The largest absolute Gasteiger partial charge is 0.394 e. The van der Waals surface area contributed by atoms with E-state index in [1.54, 1.807) is 13.1 Å². The zero-order valence-electron chi connectivity index (χ0n) is 14.7. The molecule has 1 aliphatic rings. The van der Waals surface area contributed by atoms with Crippen LogP contribution in [0.1, 0.15) is 17.6 Å². The van der Waals surface area contributed by atoms with Gasteiger partial charge in [0.1, 0.15) is 36.1 Å². The second-order valence-corrected chi connectivity index (χ2v) is 6.44. The summed E-state index contributed by atoms with van der Waals surface area (Å²) in [6.07, 6.45) is -1.47. The van der Waals surface area contributed by atoms with Gasteiger partial charge in [-0.3, -0.25) is 0 Å². The van der Waals surface area contributed by atoms with Gasteiger partial charge in [-0.25, -0.2) is 15.0 Å². The molecule has 0 spiro atoms. The van der Waals surface area contributed by atoms with Crippen LogP contribution in [-0.4, -0.2) is 70.0 Å². The highest BCUT2D eigenvalue weighted by molar-refractivity contribution is 5.99. The van der Waals surface area contributed by atoms with E-state index in [2.05, 4.69) is 25.1 Å². The van der Waals surface area contributed by atoms with Crippen LogP contribution in [0.25, 0.3) is 22.4 Å². The molecule has 4 rings (SSSR count). The molecule has 0 aliphatic carbocycles. The van der Waals surface area contributed by atoms with E-state index in [1.807, 2.05) is 6.92 Å². The van der Waals surface area contributed by atoms with Gasteiger partial charge in [0.2, 0.25) is 0 Å². The van der Waals surface area contributed by atoms with Crippen LogP contribution in [0.4, 0.5) is 5.82 Å². The first kappa shape index (κ1) is 17.7. The maximum Gasteiger partial charge on any atom is 0.184 e. The van der Waals surface area contributed by atoms with Gasteiger partial charge in [-0.15, -0.1) is 5.10 Å². The minimum atomic E-state index is -1.26. The number of rotatable bonds is 3. The highest BCUT2D eigenvalue weighted by Gasteiger charge is 2.44. The van der Waals surface area contributed by atoms with Crippen LogP contribution in [-0.2, 0) is 4.74 Å². The third kappa shape index (κ3) is 2.72. The van der Waals surface area contributed by atoms with Crippen LogP contribution in [0.15, 0.2) is 12.5 Å². The highest BCUT2D eigenvalue weighted by atomic mass is 16.6. The minimum absolute atomic E-state index is 0.210. The molecular weight excluding hydrogens is 354 g/mol. The summed E-state index contributed by atoms with van der Waals surface area (Å²) >= 11 is 0. The molecule has 3 aromatic rings. The standard InChI is InChI=1S/C16H19N7O4/c1-6-7(2)21-22-14(20-6)8-3-23(15-10(8)13(17)18-5-19-15)16-12(26)11(25)9(4-24)27-16/h3,5,9,11-12,16,24-26H,4H2,1-2H3,(H2,17,18,19)/t9-,11+,12-,16-/m0/s1. The van der Waals surface area contributed by atoms with Gasteiger partial charge in [-0.05, 0) is 13.8 Å². The Morgan fingerprint density at radius 1 is 1.15 bits per heavy atom. The lowest BCUT2D eigenvalue weighted by atomic mass is 10.1. The number of nitrogens with two attached hydrogens (primary N) is 1. The summed E-state index contributed by atoms with van der Waals surface area (Å²) in [4.78, 5) is 12.7. The van der Waals surface area contributed by atoms with Crippen LogP contribution in [0.2, 0.25) is 0 Å². The van der Waals surface area contributed by atoms with E-state index in [4.69, 9.17) is 10.5 Å². The summed E-state index contributed by atoms with van der Waals surface area (Å²) in [6.45, 7) is 3.19. The van der Waals surface area contributed by atoms with Crippen molar-refractivity contribution in [2.45, 2.75) is 38.4 Å². The topological polar surface area (TPSA) is 165 Å². The minimum Gasteiger partial charge on any atom is -0.394 e. The predicted molar refractivity (Wildman–Crippen MR) is 93.2 cm³/mol. The predicted octanol–water partition coefficient (Wildman–Crippen LogP) is -0.906. The average Bonchev–Trinajstić information content (AvgIpc) is 3.17. The van der Waals surface area contributed by atoms with Crippen molar-refractivity contribution in [2.24, 2.45) is 0 Å². The molecular formula is C16H19N7O4. The second-order valence-electron chi connectivity index (χ2n) is 6.44. The first-order chi connectivity index (χ1) is 12.9. The van der Waals surface area contributed by atoms with Gasteiger partial charge in [0, 0.05) is 6.20 Å². The molecule has 0 aromatic carbocycles. The zero-order chi connectivity index (χ0) is 19.3. The Morgan fingerprint density at radius 3 is 2.59 bits per heavy atom. The number of hydrogen-bond donors (Lipinski definition) is 4. The van der Waals surface area contributed by atoms with Crippen molar-refractivity contribution in [3.05, 3.63) is 23.9 Å². The first-order valence-corrected chi connectivity index (χ1v) is 8.34. The number of aromatic nitrogens is 6. The summed E-state index contributed by atoms with van der Waals surface area (Å²) in [7, 11) is 0. The molecule has 0 unspecified atom stereocenters. The Bertz CT molecular complexity index is 1010. The van der Waals surface area contributed by atoms with E-state index in [-0.39, 0.29) is 5.82 Å². The summed E-state index contributed by atoms with van der Waals surface area (Å²) in [6, 6.07) is 0. The van der Waals surface area contributed by atoms with Crippen molar-refractivity contribution in [2.75, 3.05) is 12.3 Å².